The van der Waals surface area contributed by atoms with Crippen LogP contribution in [-0.2, 0) is 0 Å². The Morgan fingerprint density at radius 1 is 1.39 bits per heavy atom. The molecule has 2 aromatic rings. The largest absolute Gasteiger partial charge is 0.352 e. The van der Waals surface area contributed by atoms with Crippen molar-refractivity contribution in [2.45, 2.75) is 45.6 Å². The van der Waals surface area contributed by atoms with Gasteiger partial charge in [-0.2, -0.15) is 5.10 Å². The first-order valence-electron chi connectivity index (χ1n) is 6.87. The van der Waals surface area contributed by atoms with Crippen LogP contribution < -0.4 is 4.90 Å². The van der Waals surface area contributed by atoms with Crippen molar-refractivity contribution in [1.82, 2.24) is 14.6 Å². The zero-order valence-corrected chi connectivity index (χ0v) is 11.1. The molecule has 3 rings (SSSR count). The summed E-state index contributed by atoms with van der Waals surface area (Å²) in [4.78, 5) is 7.08. The lowest BCUT2D eigenvalue weighted by Gasteiger charge is -2.36. The summed E-state index contributed by atoms with van der Waals surface area (Å²) in [5, 5.41) is 4.47. The van der Waals surface area contributed by atoms with E-state index in [4.69, 9.17) is 0 Å². The minimum atomic E-state index is 0.632. The number of fused-ring (bicyclic) bond motifs is 1. The van der Waals surface area contributed by atoms with Gasteiger partial charge in [-0.05, 0) is 38.7 Å². The Kier molecular flexibility index (Phi) is 2.94. The number of rotatable bonds is 2. The Labute approximate surface area is 108 Å². The van der Waals surface area contributed by atoms with Crippen LogP contribution in [0.25, 0.3) is 5.52 Å². The van der Waals surface area contributed by atoms with Gasteiger partial charge in [-0.3, -0.25) is 0 Å². The van der Waals surface area contributed by atoms with Gasteiger partial charge in [0.25, 0.3) is 0 Å². The number of anilines is 1. The molecule has 0 spiro atoms. The molecule has 1 aliphatic heterocycles. The lowest BCUT2D eigenvalue weighted by atomic mass is 10.00. The summed E-state index contributed by atoms with van der Waals surface area (Å²) in [7, 11) is 0. The molecule has 0 saturated carbocycles. The average molecular weight is 244 g/mol. The van der Waals surface area contributed by atoms with Gasteiger partial charge in [-0.25, -0.2) is 9.50 Å². The number of piperidine rings is 1. The second-order valence-electron chi connectivity index (χ2n) is 5.12. The molecule has 1 aliphatic rings. The van der Waals surface area contributed by atoms with Gasteiger partial charge in [0.2, 0.25) is 0 Å². The SMILES string of the molecule is CCC1CCCCN1c1nccn2nc(C)cc12. The van der Waals surface area contributed by atoms with E-state index in [0.717, 1.165) is 23.6 Å². The molecule has 4 heteroatoms. The fourth-order valence-electron chi connectivity index (χ4n) is 2.96. The van der Waals surface area contributed by atoms with E-state index in [-0.39, 0.29) is 0 Å². The molecule has 0 radical (unpaired) electrons. The lowest BCUT2D eigenvalue weighted by molar-refractivity contribution is 0.447. The van der Waals surface area contributed by atoms with E-state index >= 15 is 0 Å². The van der Waals surface area contributed by atoms with Crippen molar-refractivity contribution in [3.8, 4) is 0 Å². The quantitative estimate of drug-likeness (QED) is 0.814. The van der Waals surface area contributed by atoms with Gasteiger partial charge in [0.15, 0.2) is 5.82 Å². The first-order valence-corrected chi connectivity index (χ1v) is 6.87. The fourth-order valence-corrected chi connectivity index (χ4v) is 2.96. The maximum atomic E-state index is 4.61. The normalized spacial score (nSPS) is 20.6. The van der Waals surface area contributed by atoms with E-state index in [1.165, 1.54) is 25.7 Å². The van der Waals surface area contributed by atoms with Gasteiger partial charge in [-0.15, -0.1) is 0 Å². The molecule has 96 valence electrons. The second-order valence-corrected chi connectivity index (χ2v) is 5.12. The van der Waals surface area contributed by atoms with Crippen LogP contribution in [0.5, 0.6) is 0 Å². The standard InChI is InChI=1S/C14H20N4/c1-3-12-6-4-5-8-17(12)14-13-10-11(2)16-18(13)9-7-15-14/h7,9-10,12H,3-6,8H2,1-2H3. The highest BCUT2D eigenvalue weighted by molar-refractivity contribution is 5.69. The van der Waals surface area contributed by atoms with Crippen LogP contribution in [0.15, 0.2) is 18.5 Å². The monoisotopic (exact) mass is 244 g/mol. The number of hydrogen-bond donors (Lipinski definition) is 0. The van der Waals surface area contributed by atoms with Crippen molar-refractivity contribution in [3.63, 3.8) is 0 Å². The van der Waals surface area contributed by atoms with Gasteiger partial charge in [0, 0.05) is 25.0 Å². The van der Waals surface area contributed by atoms with Crippen LogP contribution in [0.2, 0.25) is 0 Å². The first-order chi connectivity index (χ1) is 8.79. The molecule has 2 aromatic heterocycles. The van der Waals surface area contributed by atoms with Crippen molar-refractivity contribution in [2.24, 2.45) is 0 Å². The van der Waals surface area contributed by atoms with Gasteiger partial charge >= 0.3 is 0 Å². The molecule has 18 heavy (non-hydrogen) atoms. The van der Waals surface area contributed by atoms with E-state index in [2.05, 4.69) is 28.0 Å². The summed E-state index contributed by atoms with van der Waals surface area (Å²) in [6.07, 6.45) is 8.87. The van der Waals surface area contributed by atoms with Gasteiger partial charge in [-0.1, -0.05) is 6.92 Å². The summed E-state index contributed by atoms with van der Waals surface area (Å²) in [5.41, 5.74) is 2.18. The van der Waals surface area contributed by atoms with Crippen molar-refractivity contribution in [2.75, 3.05) is 11.4 Å². The zero-order chi connectivity index (χ0) is 12.5. The molecule has 3 heterocycles. The van der Waals surface area contributed by atoms with Crippen LogP contribution in [0, 0.1) is 6.92 Å². The minimum absolute atomic E-state index is 0.632. The molecule has 0 aromatic carbocycles. The topological polar surface area (TPSA) is 33.4 Å². The fraction of sp³-hybridized carbons (Fsp3) is 0.571. The highest BCUT2D eigenvalue weighted by atomic mass is 15.3. The van der Waals surface area contributed by atoms with Crippen LogP contribution in [0.1, 0.15) is 38.3 Å². The molecule has 0 aliphatic carbocycles. The summed E-state index contributed by atoms with van der Waals surface area (Å²) in [5.74, 6) is 1.10. The van der Waals surface area contributed by atoms with Crippen LogP contribution in [0.3, 0.4) is 0 Å². The van der Waals surface area contributed by atoms with E-state index in [1.54, 1.807) is 0 Å². The van der Waals surface area contributed by atoms with Crippen LogP contribution in [-0.4, -0.2) is 27.2 Å². The Morgan fingerprint density at radius 3 is 3.11 bits per heavy atom. The number of hydrogen-bond acceptors (Lipinski definition) is 3. The molecular formula is C14H20N4. The number of nitrogens with zero attached hydrogens (tertiary/aromatic N) is 4. The minimum Gasteiger partial charge on any atom is -0.352 e. The van der Waals surface area contributed by atoms with Crippen LogP contribution >= 0.6 is 0 Å². The Hall–Kier alpha value is -1.58. The van der Waals surface area contributed by atoms with Crippen molar-refractivity contribution in [3.05, 3.63) is 24.2 Å². The molecule has 4 nitrogen and oxygen atoms in total. The first kappa shape index (κ1) is 11.5. The van der Waals surface area contributed by atoms with Gasteiger partial charge < -0.3 is 4.90 Å². The smallest absolute Gasteiger partial charge is 0.154 e. The molecule has 1 fully saturated rings. The number of aromatic nitrogens is 3. The second kappa shape index (κ2) is 4.59. The number of aryl methyl sites for hydroxylation is 1. The van der Waals surface area contributed by atoms with Crippen molar-refractivity contribution in [1.29, 1.82) is 0 Å². The third-order valence-electron chi connectivity index (χ3n) is 3.86. The van der Waals surface area contributed by atoms with Crippen LogP contribution in [0.4, 0.5) is 5.82 Å². The molecule has 1 unspecified atom stereocenters. The van der Waals surface area contributed by atoms with E-state index < -0.39 is 0 Å². The predicted octanol–water partition coefficient (Wildman–Crippen LogP) is 2.81. The molecular weight excluding hydrogens is 224 g/mol. The average Bonchev–Trinajstić information content (AvgIpc) is 2.78. The van der Waals surface area contributed by atoms with E-state index in [9.17, 15) is 0 Å². The van der Waals surface area contributed by atoms with Gasteiger partial charge in [0.1, 0.15) is 5.52 Å². The highest BCUT2D eigenvalue weighted by Crippen LogP contribution is 2.28. The van der Waals surface area contributed by atoms with Crippen molar-refractivity contribution < 1.29 is 0 Å². The maximum absolute atomic E-state index is 4.61. The summed E-state index contributed by atoms with van der Waals surface area (Å²) in [6, 6.07) is 2.76. The third kappa shape index (κ3) is 1.85. The maximum Gasteiger partial charge on any atom is 0.154 e. The highest BCUT2D eigenvalue weighted by Gasteiger charge is 2.23. The molecule has 1 saturated heterocycles. The van der Waals surface area contributed by atoms with Gasteiger partial charge in [0.05, 0.1) is 5.69 Å². The Bertz CT molecular complexity index is 546. The van der Waals surface area contributed by atoms with E-state index in [1.807, 2.05) is 23.8 Å². The predicted molar refractivity (Wildman–Crippen MR) is 73.0 cm³/mol. The van der Waals surface area contributed by atoms with E-state index in [0.29, 0.717) is 6.04 Å². The lowest BCUT2D eigenvalue weighted by Crippen LogP contribution is -2.39. The molecule has 0 bridgehead atoms. The summed E-state index contributed by atoms with van der Waals surface area (Å²) in [6.45, 7) is 5.42. The summed E-state index contributed by atoms with van der Waals surface area (Å²) >= 11 is 0. The molecule has 1 atom stereocenters. The molecule has 0 N–H and O–H groups in total. The third-order valence-corrected chi connectivity index (χ3v) is 3.86. The zero-order valence-electron chi connectivity index (χ0n) is 11.1. The molecule has 0 amide bonds. The summed E-state index contributed by atoms with van der Waals surface area (Å²) < 4.78 is 1.94. The van der Waals surface area contributed by atoms with Crippen molar-refractivity contribution >= 4 is 11.3 Å². The Morgan fingerprint density at radius 2 is 2.28 bits per heavy atom. The Balaban J connectivity index is 2.06.